The number of imide groups is 1. The van der Waals surface area contributed by atoms with Gasteiger partial charge in [-0.2, -0.15) is 0 Å². The van der Waals surface area contributed by atoms with Crippen molar-refractivity contribution in [3.63, 3.8) is 0 Å². The van der Waals surface area contributed by atoms with Crippen LogP contribution in [0.5, 0.6) is 11.5 Å². The van der Waals surface area contributed by atoms with E-state index in [0.717, 1.165) is 22.2 Å². The van der Waals surface area contributed by atoms with E-state index in [-0.39, 0.29) is 22.6 Å². The first-order chi connectivity index (χ1) is 15.9. The van der Waals surface area contributed by atoms with Gasteiger partial charge in [0.15, 0.2) is 11.5 Å². The molecule has 1 aliphatic rings. The molecule has 1 saturated heterocycles. The van der Waals surface area contributed by atoms with Crippen molar-refractivity contribution in [2.75, 3.05) is 12.0 Å². The number of halogens is 3. The zero-order valence-corrected chi connectivity index (χ0v) is 20.3. The van der Waals surface area contributed by atoms with Crippen molar-refractivity contribution >= 4 is 62.2 Å². The largest absolute Gasteiger partial charge is 0.493 e. The number of amides is 2. The van der Waals surface area contributed by atoms with Gasteiger partial charge in [-0.1, -0.05) is 23.7 Å². The molecule has 2 amide bonds. The fraction of sp³-hybridized carbons (Fsp3) is 0.0833. The van der Waals surface area contributed by atoms with Crippen LogP contribution in [0, 0.1) is 5.82 Å². The Morgan fingerprint density at radius 3 is 2.45 bits per heavy atom. The third-order valence-corrected chi connectivity index (χ3v) is 6.44. The molecular weight excluding hydrogens is 533 g/mol. The third kappa shape index (κ3) is 5.24. The first kappa shape index (κ1) is 23.4. The molecule has 1 aliphatic heterocycles. The average Bonchev–Trinajstić information content (AvgIpc) is 3.07. The molecule has 0 aromatic heterocycles. The molecule has 1 fully saturated rings. The molecule has 168 valence electrons. The lowest BCUT2D eigenvalue weighted by Crippen LogP contribution is -2.27. The SMILES string of the molecule is COc1cc(/C=C2/SC(=O)N(c3ccc(Cl)cc3)C2=O)cc(Br)c1OCc1ccc(F)cc1. The summed E-state index contributed by atoms with van der Waals surface area (Å²) >= 11 is 10.2. The van der Waals surface area contributed by atoms with Crippen molar-refractivity contribution < 1.29 is 23.5 Å². The number of carbonyl (C=O) groups is 2. The minimum atomic E-state index is -0.418. The van der Waals surface area contributed by atoms with Gasteiger partial charge >= 0.3 is 0 Å². The lowest BCUT2D eigenvalue weighted by Gasteiger charge is -2.14. The van der Waals surface area contributed by atoms with E-state index in [0.29, 0.717) is 32.2 Å². The number of nitrogens with zero attached hydrogens (tertiary/aromatic N) is 1. The summed E-state index contributed by atoms with van der Waals surface area (Å²) in [5, 5.41) is 0.124. The van der Waals surface area contributed by atoms with Crippen LogP contribution in [0.2, 0.25) is 5.02 Å². The van der Waals surface area contributed by atoms with Crippen LogP contribution >= 0.6 is 39.3 Å². The van der Waals surface area contributed by atoms with Crippen LogP contribution in [0.4, 0.5) is 14.9 Å². The Bertz CT molecular complexity index is 1250. The molecule has 9 heteroatoms. The normalized spacial score (nSPS) is 14.8. The molecule has 0 unspecified atom stereocenters. The summed E-state index contributed by atoms with van der Waals surface area (Å²) in [5.41, 5.74) is 1.90. The Balaban J connectivity index is 1.57. The zero-order valence-electron chi connectivity index (χ0n) is 17.2. The van der Waals surface area contributed by atoms with E-state index in [1.807, 2.05) is 0 Å². The summed E-state index contributed by atoms with van der Waals surface area (Å²) in [6.07, 6.45) is 1.62. The van der Waals surface area contributed by atoms with E-state index in [1.165, 1.54) is 19.2 Å². The maximum atomic E-state index is 13.1. The highest BCUT2D eigenvalue weighted by Crippen LogP contribution is 2.40. The quantitative estimate of drug-likeness (QED) is 0.308. The van der Waals surface area contributed by atoms with Crippen molar-refractivity contribution in [1.82, 2.24) is 0 Å². The molecule has 4 rings (SSSR count). The molecule has 1 heterocycles. The maximum absolute atomic E-state index is 13.1. The van der Waals surface area contributed by atoms with Gasteiger partial charge in [-0.15, -0.1) is 0 Å². The van der Waals surface area contributed by atoms with Crippen LogP contribution in [0.15, 0.2) is 70.0 Å². The van der Waals surface area contributed by atoms with Gasteiger partial charge in [0.2, 0.25) is 0 Å². The van der Waals surface area contributed by atoms with Gasteiger partial charge in [0.05, 0.1) is 22.2 Å². The number of carbonyl (C=O) groups excluding carboxylic acids is 2. The first-order valence-electron chi connectivity index (χ1n) is 9.64. The summed E-state index contributed by atoms with van der Waals surface area (Å²) in [5.74, 6) is 0.171. The van der Waals surface area contributed by atoms with Gasteiger partial charge in [-0.25, -0.2) is 9.29 Å². The average molecular weight is 549 g/mol. The summed E-state index contributed by atoms with van der Waals surface area (Å²) < 4.78 is 25.0. The Morgan fingerprint density at radius 2 is 1.79 bits per heavy atom. The predicted octanol–water partition coefficient (Wildman–Crippen LogP) is 7.07. The van der Waals surface area contributed by atoms with E-state index in [2.05, 4.69) is 15.9 Å². The highest BCUT2D eigenvalue weighted by atomic mass is 79.9. The van der Waals surface area contributed by atoms with Gasteiger partial charge in [0, 0.05) is 5.02 Å². The molecule has 0 N–H and O–H groups in total. The molecule has 0 spiro atoms. The second kappa shape index (κ2) is 9.99. The molecule has 0 bridgehead atoms. The number of ether oxygens (including phenoxy) is 2. The Morgan fingerprint density at radius 1 is 1.09 bits per heavy atom. The number of benzene rings is 3. The Hall–Kier alpha value is -2.81. The van der Waals surface area contributed by atoms with Crippen LogP contribution in [-0.2, 0) is 11.4 Å². The molecule has 0 aliphatic carbocycles. The van der Waals surface area contributed by atoms with Crippen molar-refractivity contribution in [3.8, 4) is 11.5 Å². The van der Waals surface area contributed by atoms with E-state index in [1.54, 1.807) is 54.6 Å². The third-order valence-electron chi connectivity index (χ3n) is 4.72. The fourth-order valence-electron chi connectivity index (χ4n) is 3.13. The summed E-state index contributed by atoms with van der Waals surface area (Å²) in [6.45, 7) is 0.217. The number of hydrogen-bond acceptors (Lipinski definition) is 5. The van der Waals surface area contributed by atoms with Crippen LogP contribution in [-0.4, -0.2) is 18.3 Å². The minimum Gasteiger partial charge on any atom is -0.493 e. The zero-order chi connectivity index (χ0) is 23.5. The molecule has 3 aromatic rings. The predicted molar refractivity (Wildman–Crippen MR) is 131 cm³/mol. The second-order valence-corrected chi connectivity index (χ2v) is 9.23. The van der Waals surface area contributed by atoms with E-state index >= 15 is 0 Å². The Kier molecular flexibility index (Phi) is 7.07. The van der Waals surface area contributed by atoms with Crippen LogP contribution in [0.1, 0.15) is 11.1 Å². The Labute approximate surface area is 207 Å². The maximum Gasteiger partial charge on any atom is 0.298 e. The molecule has 5 nitrogen and oxygen atoms in total. The molecule has 0 atom stereocenters. The van der Waals surface area contributed by atoms with E-state index in [9.17, 15) is 14.0 Å². The lowest BCUT2D eigenvalue weighted by molar-refractivity contribution is -0.113. The first-order valence-corrected chi connectivity index (χ1v) is 11.6. The van der Waals surface area contributed by atoms with Crippen molar-refractivity contribution in [2.45, 2.75) is 6.61 Å². The van der Waals surface area contributed by atoms with E-state index in [4.69, 9.17) is 21.1 Å². The van der Waals surface area contributed by atoms with Gasteiger partial charge in [0.25, 0.3) is 11.1 Å². The van der Waals surface area contributed by atoms with Gasteiger partial charge in [-0.05, 0) is 93.4 Å². The summed E-state index contributed by atoms with van der Waals surface area (Å²) in [6, 6.07) is 16.0. The van der Waals surface area contributed by atoms with Crippen molar-refractivity contribution in [3.05, 3.63) is 92.0 Å². The highest BCUT2D eigenvalue weighted by Gasteiger charge is 2.36. The topological polar surface area (TPSA) is 55.8 Å². The number of rotatable bonds is 6. The van der Waals surface area contributed by atoms with Crippen LogP contribution in [0.25, 0.3) is 6.08 Å². The molecule has 0 radical (unpaired) electrons. The standard InChI is InChI=1S/C24H16BrClFNO4S/c1-31-20-11-15(10-19(25)22(20)32-13-14-2-6-17(27)7-3-14)12-21-23(29)28(24(30)33-21)18-8-4-16(26)5-9-18/h2-12H,13H2,1H3/b21-12+. The van der Waals surface area contributed by atoms with E-state index < -0.39 is 5.91 Å². The molecule has 0 saturated carbocycles. The number of methoxy groups -OCH3 is 1. The molecular formula is C24H16BrClFNO4S. The smallest absolute Gasteiger partial charge is 0.298 e. The second-order valence-electron chi connectivity index (χ2n) is 6.94. The summed E-state index contributed by atoms with van der Waals surface area (Å²) in [7, 11) is 1.50. The van der Waals surface area contributed by atoms with Crippen molar-refractivity contribution in [1.29, 1.82) is 0 Å². The van der Waals surface area contributed by atoms with Crippen molar-refractivity contribution in [2.24, 2.45) is 0 Å². The number of hydrogen-bond donors (Lipinski definition) is 0. The number of thioether (sulfide) groups is 1. The monoisotopic (exact) mass is 547 g/mol. The highest BCUT2D eigenvalue weighted by molar-refractivity contribution is 9.10. The lowest BCUT2D eigenvalue weighted by atomic mass is 10.1. The minimum absolute atomic E-state index is 0.217. The fourth-order valence-corrected chi connectivity index (χ4v) is 4.67. The van der Waals surface area contributed by atoms with Gasteiger partial charge < -0.3 is 9.47 Å². The van der Waals surface area contributed by atoms with Gasteiger partial charge in [0.1, 0.15) is 12.4 Å². The van der Waals surface area contributed by atoms with Crippen LogP contribution in [0.3, 0.4) is 0 Å². The van der Waals surface area contributed by atoms with Crippen LogP contribution < -0.4 is 14.4 Å². The molecule has 33 heavy (non-hydrogen) atoms. The number of anilines is 1. The van der Waals surface area contributed by atoms with Gasteiger partial charge in [-0.3, -0.25) is 9.59 Å². The summed E-state index contributed by atoms with van der Waals surface area (Å²) in [4.78, 5) is 26.7. The molecule has 3 aromatic carbocycles.